The van der Waals surface area contributed by atoms with Crippen molar-refractivity contribution >= 4 is 11.7 Å². The molecule has 3 fully saturated rings. The van der Waals surface area contributed by atoms with Crippen LogP contribution in [0.5, 0.6) is 0 Å². The lowest BCUT2D eigenvalue weighted by Crippen LogP contribution is -2.55. The van der Waals surface area contributed by atoms with Gasteiger partial charge in [-0.25, -0.2) is 4.79 Å². The average molecular weight is 411 g/mol. The second kappa shape index (κ2) is 8.03. The number of carbonyl (C=O) groups excluding carboxylic acids is 1. The Morgan fingerprint density at radius 3 is 2.43 bits per heavy atom. The maximum atomic E-state index is 12.4. The molecule has 0 bridgehead atoms. The summed E-state index contributed by atoms with van der Waals surface area (Å²) >= 11 is 0. The zero-order valence-corrected chi connectivity index (χ0v) is 19.2. The number of nitrogens with zero attached hydrogens (tertiary/aromatic N) is 2. The SMILES string of the molecule is C=C(C)c1ccccc1[C@@H]1CCCN1C1CC2(CCN(C(=O)OC(C)(C)C)CC2)C1. The predicted octanol–water partition coefficient (Wildman–Crippen LogP) is 6.04. The Bertz CT molecular complexity index is 793. The first-order chi connectivity index (χ1) is 14.2. The van der Waals surface area contributed by atoms with Gasteiger partial charge in [-0.05, 0) is 89.3 Å². The zero-order valence-electron chi connectivity index (χ0n) is 19.2. The minimum Gasteiger partial charge on any atom is -0.444 e. The third-order valence-corrected chi connectivity index (χ3v) is 7.36. The summed E-state index contributed by atoms with van der Waals surface area (Å²) in [5, 5.41) is 0. The van der Waals surface area contributed by atoms with Crippen molar-refractivity contribution in [3.63, 3.8) is 0 Å². The summed E-state index contributed by atoms with van der Waals surface area (Å²) in [6.07, 6.45) is 7.17. The first-order valence-corrected chi connectivity index (χ1v) is 11.7. The lowest BCUT2D eigenvalue weighted by Gasteiger charge is -2.55. The van der Waals surface area contributed by atoms with Gasteiger partial charge in [0.2, 0.25) is 0 Å². The van der Waals surface area contributed by atoms with Crippen LogP contribution < -0.4 is 0 Å². The van der Waals surface area contributed by atoms with Crippen molar-refractivity contribution in [1.29, 1.82) is 0 Å². The number of piperidine rings is 1. The van der Waals surface area contributed by atoms with E-state index >= 15 is 0 Å². The molecule has 2 aliphatic heterocycles. The first kappa shape index (κ1) is 21.4. The molecular weight excluding hydrogens is 372 g/mol. The van der Waals surface area contributed by atoms with Crippen LogP contribution in [0.4, 0.5) is 4.79 Å². The van der Waals surface area contributed by atoms with Crippen molar-refractivity contribution in [2.75, 3.05) is 19.6 Å². The molecule has 3 aliphatic rings. The fourth-order valence-electron chi connectivity index (χ4n) is 5.81. The second-order valence-electron chi connectivity index (χ2n) is 10.8. The van der Waals surface area contributed by atoms with Crippen LogP contribution in [0, 0.1) is 5.41 Å². The Morgan fingerprint density at radius 2 is 1.80 bits per heavy atom. The number of likely N-dealkylation sites (tertiary alicyclic amines) is 2. The summed E-state index contributed by atoms with van der Waals surface area (Å²) in [5.41, 5.74) is 3.97. The fraction of sp³-hybridized carbons (Fsp3) is 0.654. The van der Waals surface area contributed by atoms with E-state index in [0.717, 1.165) is 31.5 Å². The maximum Gasteiger partial charge on any atom is 0.410 e. The van der Waals surface area contributed by atoms with E-state index < -0.39 is 5.60 Å². The van der Waals surface area contributed by atoms with Crippen molar-refractivity contribution in [3.8, 4) is 0 Å². The normalized spacial score (nSPS) is 24.7. The summed E-state index contributed by atoms with van der Waals surface area (Å²) in [5.74, 6) is 0. The highest BCUT2D eigenvalue weighted by molar-refractivity contribution is 5.68. The van der Waals surface area contributed by atoms with Gasteiger partial charge in [0.1, 0.15) is 5.60 Å². The number of hydrogen-bond acceptors (Lipinski definition) is 3. The molecule has 0 aromatic heterocycles. The minimum atomic E-state index is -0.418. The van der Waals surface area contributed by atoms with E-state index in [4.69, 9.17) is 4.74 Å². The van der Waals surface area contributed by atoms with Gasteiger partial charge in [0.05, 0.1) is 0 Å². The van der Waals surface area contributed by atoms with Gasteiger partial charge in [0.25, 0.3) is 0 Å². The number of allylic oxidation sites excluding steroid dienone is 1. The molecule has 164 valence electrons. The van der Waals surface area contributed by atoms with E-state index in [9.17, 15) is 4.79 Å². The van der Waals surface area contributed by atoms with Gasteiger partial charge in [-0.15, -0.1) is 0 Å². The molecule has 1 amide bonds. The van der Waals surface area contributed by atoms with Gasteiger partial charge in [-0.1, -0.05) is 36.4 Å². The summed E-state index contributed by atoms with van der Waals surface area (Å²) in [4.78, 5) is 17.1. The molecular formula is C26H38N2O2. The van der Waals surface area contributed by atoms with Crippen LogP contribution >= 0.6 is 0 Å². The molecule has 1 saturated carbocycles. The number of benzene rings is 1. The number of rotatable bonds is 3. The van der Waals surface area contributed by atoms with E-state index in [1.807, 2.05) is 25.7 Å². The van der Waals surface area contributed by atoms with E-state index in [1.54, 1.807) is 0 Å². The zero-order chi connectivity index (χ0) is 21.5. The highest BCUT2D eigenvalue weighted by atomic mass is 16.6. The summed E-state index contributed by atoms with van der Waals surface area (Å²) in [6.45, 7) is 15.0. The molecule has 0 N–H and O–H groups in total. The first-order valence-electron chi connectivity index (χ1n) is 11.7. The molecule has 1 aromatic rings. The molecule has 2 saturated heterocycles. The van der Waals surface area contributed by atoms with Crippen LogP contribution in [0.3, 0.4) is 0 Å². The van der Waals surface area contributed by atoms with E-state index in [0.29, 0.717) is 17.5 Å². The minimum absolute atomic E-state index is 0.149. The summed E-state index contributed by atoms with van der Waals surface area (Å²) < 4.78 is 5.56. The lowest BCUT2D eigenvalue weighted by atomic mass is 9.60. The topological polar surface area (TPSA) is 32.8 Å². The number of hydrogen-bond donors (Lipinski definition) is 0. The monoisotopic (exact) mass is 410 g/mol. The largest absolute Gasteiger partial charge is 0.444 e. The van der Waals surface area contributed by atoms with Crippen LogP contribution in [-0.4, -0.2) is 47.2 Å². The highest BCUT2D eigenvalue weighted by Gasteiger charge is 2.50. The molecule has 1 aromatic carbocycles. The van der Waals surface area contributed by atoms with Crippen molar-refractivity contribution in [2.45, 2.75) is 83.9 Å². The van der Waals surface area contributed by atoms with Crippen LogP contribution in [-0.2, 0) is 4.74 Å². The summed E-state index contributed by atoms with van der Waals surface area (Å²) in [6, 6.07) is 10.0. The molecule has 4 heteroatoms. The Hall–Kier alpha value is -1.81. The third-order valence-electron chi connectivity index (χ3n) is 7.36. The average Bonchev–Trinajstić information content (AvgIpc) is 3.14. The quantitative estimate of drug-likeness (QED) is 0.609. The maximum absolute atomic E-state index is 12.4. The number of ether oxygens (including phenoxy) is 1. The van der Waals surface area contributed by atoms with Gasteiger partial charge < -0.3 is 9.64 Å². The van der Waals surface area contributed by atoms with Gasteiger partial charge in [-0.2, -0.15) is 0 Å². The fourth-order valence-corrected chi connectivity index (χ4v) is 5.81. The highest BCUT2D eigenvalue weighted by Crippen LogP contribution is 2.54. The molecule has 0 unspecified atom stereocenters. The summed E-state index contributed by atoms with van der Waals surface area (Å²) in [7, 11) is 0. The lowest BCUT2D eigenvalue weighted by molar-refractivity contribution is -0.0515. The van der Waals surface area contributed by atoms with Crippen LogP contribution in [0.25, 0.3) is 5.57 Å². The van der Waals surface area contributed by atoms with Crippen molar-refractivity contribution in [3.05, 3.63) is 42.0 Å². The van der Waals surface area contributed by atoms with Gasteiger partial charge in [0, 0.05) is 25.2 Å². The molecule has 1 spiro atoms. The van der Waals surface area contributed by atoms with Crippen LogP contribution in [0.2, 0.25) is 0 Å². The number of carbonyl (C=O) groups is 1. The van der Waals surface area contributed by atoms with Crippen molar-refractivity contribution < 1.29 is 9.53 Å². The predicted molar refractivity (Wildman–Crippen MR) is 122 cm³/mol. The van der Waals surface area contributed by atoms with E-state index in [-0.39, 0.29) is 6.09 Å². The van der Waals surface area contributed by atoms with Crippen LogP contribution in [0.15, 0.2) is 30.8 Å². The molecule has 0 radical (unpaired) electrons. The molecule has 1 aliphatic carbocycles. The van der Waals surface area contributed by atoms with Gasteiger partial charge >= 0.3 is 6.09 Å². The smallest absolute Gasteiger partial charge is 0.410 e. The van der Waals surface area contributed by atoms with Gasteiger partial charge in [0.15, 0.2) is 0 Å². The Morgan fingerprint density at radius 1 is 1.13 bits per heavy atom. The third kappa shape index (κ3) is 4.30. The molecule has 30 heavy (non-hydrogen) atoms. The molecule has 4 nitrogen and oxygen atoms in total. The number of amides is 1. The standard InChI is InChI=1S/C26H38N2O2/c1-19(2)21-9-6-7-10-22(21)23-11-8-14-28(23)20-17-26(18-20)12-15-27(16-13-26)24(29)30-25(3,4)5/h6-7,9-10,20,23H,1,8,11-18H2,2-5H3/t23-/m0/s1. The van der Waals surface area contributed by atoms with Crippen LogP contribution in [0.1, 0.15) is 83.4 Å². The molecule has 2 heterocycles. The van der Waals surface area contributed by atoms with Crippen molar-refractivity contribution in [2.24, 2.45) is 5.41 Å². The Labute approximate surface area is 182 Å². The Kier molecular flexibility index (Phi) is 5.73. The van der Waals surface area contributed by atoms with E-state index in [2.05, 4.69) is 42.7 Å². The Balaban J connectivity index is 1.36. The van der Waals surface area contributed by atoms with Gasteiger partial charge in [-0.3, -0.25) is 4.90 Å². The van der Waals surface area contributed by atoms with E-state index in [1.165, 1.54) is 43.4 Å². The second-order valence-corrected chi connectivity index (χ2v) is 10.8. The molecule has 1 atom stereocenters. The van der Waals surface area contributed by atoms with Crippen molar-refractivity contribution in [1.82, 2.24) is 9.80 Å². The molecule has 4 rings (SSSR count).